The van der Waals surface area contributed by atoms with Gasteiger partial charge in [0.15, 0.2) is 17.6 Å². The molecule has 0 radical (unpaired) electrons. The fourth-order valence-corrected chi connectivity index (χ4v) is 8.23. The number of hydrogen-bond donors (Lipinski definition) is 3. The van der Waals surface area contributed by atoms with Crippen LogP contribution in [0.3, 0.4) is 0 Å². The van der Waals surface area contributed by atoms with Crippen molar-refractivity contribution < 1.29 is 33.3 Å². The molecule has 6 aromatic rings. The Morgan fingerprint density at radius 1 is 0.933 bits per heavy atom. The first-order chi connectivity index (χ1) is 29.4. The third-order valence-corrected chi connectivity index (χ3v) is 11.3. The summed E-state index contributed by atoms with van der Waals surface area (Å²) in [6.07, 6.45) is 5.41. The number of ketones is 1. The monoisotopic (exact) mass is 809 g/mol. The maximum Gasteiger partial charge on any atom is 0.407 e. The van der Waals surface area contributed by atoms with E-state index in [4.69, 9.17) is 19.0 Å². The van der Waals surface area contributed by atoms with Gasteiger partial charge in [0, 0.05) is 37.0 Å². The summed E-state index contributed by atoms with van der Waals surface area (Å²) in [4.78, 5) is 68.8. The molecule has 0 spiro atoms. The minimum absolute atomic E-state index is 0.0985. The van der Waals surface area contributed by atoms with Crippen LogP contribution in [0.5, 0.6) is 0 Å². The molecule has 4 heterocycles. The third-order valence-electron chi connectivity index (χ3n) is 11.3. The van der Waals surface area contributed by atoms with Crippen LogP contribution in [0.25, 0.3) is 22.4 Å². The number of aryl methyl sites for hydroxylation is 2. The minimum atomic E-state index is -0.841. The van der Waals surface area contributed by atoms with Crippen molar-refractivity contribution in [3.05, 3.63) is 143 Å². The fraction of sp³-hybridized carbons (Fsp3) is 0.304. The van der Waals surface area contributed by atoms with Gasteiger partial charge in [0.2, 0.25) is 12.3 Å². The van der Waals surface area contributed by atoms with Crippen LogP contribution in [0.2, 0.25) is 0 Å². The molecule has 2 aromatic heterocycles. The molecule has 308 valence electrons. The van der Waals surface area contributed by atoms with E-state index in [9.17, 15) is 14.4 Å². The van der Waals surface area contributed by atoms with Gasteiger partial charge in [0.05, 0.1) is 31.4 Å². The van der Waals surface area contributed by atoms with Crippen molar-refractivity contribution in [1.82, 2.24) is 30.5 Å². The van der Waals surface area contributed by atoms with Crippen LogP contribution in [-0.4, -0.2) is 77.9 Å². The number of Topliss-reactive ketones (excluding diaryl/α,β-unsaturated/α-hetero) is 1. The average molecular weight is 810 g/mol. The standard InChI is InChI=1S/C46H47N7O7/c1-57-46(56)52-40(32-10-5-3-6-11-32)42(54)34-25-47-26-35(34)43-50-36-22-19-30(24-37(36)51-43)16-15-29-17-20-31(21-18-29)39-27-48-44(60-39)38-14-9-23-53(38)45(55)41(49-28-59-58-2)33-12-7-4-8-13-33/h3-8,10-13,17-22,24,27-28,34-35,38,40-41,47H,9,14-16,23,25-26H2,1-2H3,(H,50,51)(H,52,56)/b49-28+/t34?,35-,38+,40-,41?/m1/s1. The van der Waals surface area contributed by atoms with Crippen molar-refractivity contribution in [2.24, 2.45) is 10.9 Å². The van der Waals surface area contributed by atoms with Gasteiger partial charge in [0.25, 0.3) is 5.91 Å². The van der Waals surface area contributed by atoms with Gasteiger partial charge in [-0.1, -0.05) is 91.0 Å². The van der Waals surface area contributed by atoms with Crippen LogP contribution in [-0.2, 0) is 36.9 Å². The molecule has 2 saturated heterocycles. The lowest BCUT2D eigenvalue weighted by Crippen LogP contribution is -2.38. The molecule has 0 bridgehead atoms. The Bertz CT molecular complexity index is 2430. The summed E-state index contributed by atoms with van der Waals surface area (Å²) in [7, 11) is 2.67. The normalized spacial score (nSPS) is 18.8. The molecule has 2 amide bonds. The summed E-state index contributed by atoms with van der Waals surface area (Å²) >= 11 is 0. The number of hydrogen-bond acceptors (Lipinski definition) is 11. The Hall–Kier alpha value is -6.64. The van der Waals surface area contributed by atoms with Gasteiger partial charge in [-0.25, -0.2) is 19.8 Å². The van der Waals surface area contributed by atoms with Crippen molar-refractivity contribution in [1.29, 1.82) is 0 Å². The largest absolute Gasteiger partial charge is 0.453 e. The number of methoxy groups -OCH3 is 1. The first-order valence-electron chi connectivity index (χ1n) is 20.1. The van der Waals surface area contributed by atoms with Crippen molar-refractivity contribution >= 4 is 35.2 Å². The molecular formula is C46H47N7O7. The molecule has 0 saturated carbocycles. The van der Waals surface area contributed by atoms with Crippen molar-refractivity contribution in [3.63, 3.8) is 0 Å². The number of nitrogens with zero attached hydrogens (tertiary/aromatic N) is 4. The molecule has 2 aliphatic heterocycles. The summed E-state index contributed by atoms with van der Waals surface area (Å²) in [6, 6.07) is 31.2. The number of aromatic amines is 1. The topological polar surface area (TPSA) is 173 Å². The molecule has 14 heteroatoms. The van der Waals surface area contributed by atoms with Crippen LogP contribution < -0.4 is 10.6 Å². The maximum absolute atomic E-state index is 14.0. The van der Waals surface area contributed by atoms with E-state index in [0.717, 1.165) is 65.6 Å². The van der Waals surface area contributed by atoms with Gasteiger partial charge < -0.3 is 34.6 Å². The summed E-state index contributed by atoms with van der Waals surface area (Å²) in [5.41, 5.74) is 6.43. The Morgan fingerprint density at radius 3 is 2.42 bits per heavy atom. The first kappa shape index (κ1) is 40.2. The quantitative estimate of drug-likeness (QED) is 0.0425. The highest BCUT2D eigenvalue weighted by molar-refractivity contribution is 5.91. The van der Waals surface area contributed by atoms with Gasteiger partial charge in [-0.2, -0.15) is 4.89 Å². The number of oxazole rings is 1. The van der Waals surface area contributed by atoms with E-state index in [0.29, 0.717) is 36.8 Å². The number of benzene rings is 4. The van der Waals surface area contributed by atoms with E-state index in [-0.39, 0.29) is 23.7 Å². The first-order valence-corrected chi connectivity index (χ1v) is 20.1. The van der Waals surface area contributed by atoms with Crippen LogP contribution in [0, 0.1) is 5.92 Å². The van der Waals surface area contributed by atoms with E-state index in [2.05, 4.69) is 54.7 Å². The number of carbonyl (C=O) groups excluding carboxylic acids is 3. The molecule has 4 aromatic carbocycles. The molecule has 8 rings (SSSR count). The number of aromatic nitrogens is 3. The fourth-order valence-electron chi connectivity index (χ4n) is 8.23. The lowest BCUT2D eigenvalue weighted by atomic mass is 9.85. The second kappa shape index (κ2) is 18.5. The summed E-state index contributed by atoms with van der Waals surface area (Å²) < 4.78 is 11.1. The molecule has 3 N–H and O–H groups in total. The predicted octanol–water partition coefficient (Wildman–Crippen LogP) is 6.98. The highest BCUT2D eigenvalue weighted by Gasteiger charge is 2.40. The average Bonchev–Trinajstić information content (AvgIpc) is 4.13. The molecule has 0 aliphatic carbocycles. The van der Waals surface area contributed by atoms with E-state index in [1.165, 1.54) is 19.8 Å². The zero-order valence-electron chi connectivity index (χ0n) is 33.5. The number of ether oxygens (including phenoxy) is 1. The van der Waals surface area contributed by atoms with E-state index in [1.54, 1.807) is 11.1 Å². The molecule has 14 nitrogen and oxygen atoms in total. The molecular weight excluding hydrogens is 763 g/mol. The molecule has 5 atom stereocenters. The summed E-state index contributed by atoms with van der Waals surface area (Å²) in [6.45, 7) is 1.64. The van der Waals surface area contributed by atoms with Gasteiger partial charge in [-0.3, -0.25) is 9.59 Å². The zero-order chi connectivity index (χ0) is 41.4. The number of alkyl carbamates (subject to hydrolysis) is 1. The Labute approximate surface area is 347 Å². The van der Waals surface area contributed by atoms with Crippen molar-refractivity contribution in [2.75, 3.05) is 33.9 Å². The number of aliphatic imine (C=N–C) groups is 1. The SMILES string of the molecule is COO/C=N/C(C(=O)N1CCC[C@H]1c1ncc(-c2ccc(CCc3ccc4nc([C@@H]5CNCC5C(=O)[C@H](NC(=O)OC)c5ccccc5)[nH]c4c3)cc2)o1)c1ccccc1. The predicted molar refractivity (Wildman–Crippen MR) is 224 cm³/mol. The second-order valence-corrected chi connectivity index (χ2v) is 15.0. The highest BCUT2D eigenvalue weighted by atomic mass is 17.2. The molecule has 2 aliphatic rings. The number of amides is 2. The lowest BCUT2D eigenvalue weighted by Gasteiger charge is -2.25. The second-order valence-electron chi connectivity index (χ2n) is 15.0. The number of nitrogens with one attached hydrogen (secondary N) is 3. The Balaban J connectivity index is 0.904. The van der Waals surface area contributed by atoms with Crippen molar-refractivity contribution in [3.8, 4) is 11.3 Å². The van der Waals surface area contributed by atoms with E-state index in [1.807, 2.05) is 78.9 Å². The molecule has 2 fully saturated rings. The maximum atomic E-state index is 14.0. The summed E-state index contributed by atoms with van der Waals surface area (Å²) in [5, 5.41) is 6.10. The van der Waals surface area contributed by atoms with Crippen LogP contribution in [0.4, 0.5) is 4.79 Å². The van der Waals surface area contributed by atoms with Gasteiger partial charge in [-0.15, -0.1) is 0 Å². The van der Waals surface area contributed by atoms with Gasteiger partial charge >= 0.3 is 6.09 Å². The smallest absolute Gasteiger partial charge is 0.407 e. The minimum Gasteiger partial charge on any atom is -0.453 e. The number of carbonyl (C=O) groups is 3. The van der Waals surface area contributed by atoms with E-state index >= 15 is 0 Å². The molecule has 60 heavy (non-hydrogen) atoms. The van der Waals surface area contributed by atoms with Gasteiger partial charge in [-0.05, 0) is 60.1 Å². The number of imidazole rings is 1. The van der Waals surface area contributed by atoms with Crippen molar-refractivity contribution in [2.45, 2.75) is 49.7 Å². The number of H-pyrrole nitrogens is 1. The van der Waals surface area contributed by atoms with Crippen LogP contribution in [0.1, 0.15) is 70.9 Å². The Kier molecular flexibility index (Phi) is 12.4. The number of fused-ring (bicyclic) bond motifs is 1. The molecule has 2 unspecified atom stereocenters. The number of rotatable bonds is 15. The van der Waals surface area contributed by atoms with Crippen LogP contribution in [0.15, 0.2) is 119 Å². The zero-order valence-corrected chi connectivity index (χ0v) is 33.5. The third kappa shape index (κ3) is 8.84. The van der Waals surface area contributed by atoms with E-state index < -0.39 is 24.1 Å². The summed E-state index contributed by atoms with van der Waals surface area (Å²) in [5.74, 6) is 1.03. The highest BCUT2D eigenvalue weighted by Crippen LogP contribution is 2.37. The lowest BCUT2D eigenvalue weighted by molar-refractivity contribution is -0.188. The Morgan fingerprint density at radius 2 is 1.67 bits per heavy atom. The van der Waals surface area contributed by atoms with Gasteiger partial charge in [0.1, 0.15) is 17.9 Å². The number of likely N-dealkylation sites (tertiary alicyclic amines) is 1. The van der Waals surface area contributed by atoms with Crippen LogP contribution >= 0.6 is 0 Å².